The summed E-state index contributed by atoms with van der Waals surface area (Å²) < 4.78 is 7.05. The number of aromatic nitrogens is 4. The molecule has 2 rings (SSSR count). The van der Waals surface area contributed by atoms with Crippen LogP contribution >= 0.6 is 0 Å². The number of ether oxygens (including phenoxy) is 1. The number of H-pyrrole nitrogens is 1. The van der Waals surface area contributed by atoms with E-state index in [0.29, 0.717) is 18.3 Å². The van der Waals surface area contributed by atoms with Crippen LogP contribution in [0.15, 0.2) is 23.1 Å². The highest BCUT2D eigenvalue weighted by molar-refractivity contribution is 5.09. The highest BCUT2D eigenvalue weighted by Gasteiger charge is 2.01. The van der Waals surface area contributed by atoms with E-state index in [-0.39, 0.29) is 5.56 Å². The third-order valence-corrected chi connectivity index (χ3v) is 1.97. The molecule has 0 saturated carbocycles. The van der Waals surface area contributed by atoms with Gasteiger partial charge in [-0.15, -0.1) is 0 Å². The minimum absolute atomic E-state index is 0.219. The summed E-state index contributed by atoms with van der Waals surface area (Å²) in [4.78, 5) is 17.7. The maximum Gasteiger partial charge on any atom is 0.254 e. The van der Waals surface area contributed by atoms with Gasteiger partial charge in [0, 0.05) is 13.2 Å². The normalized spacial score (nSPS) is 10.4. The summed E-state index contributed by atoms with van der Waals surface area (Å²) in [6.45, 7) is 2.01. The number of aromatic amines is 1. The molecule has 0 aliphatic rings. The Labute approximate surface area is 91.9 Å². The molecule has 0 fully saturated rings. The first-order valence-electron chi connectivity index (χ1n) is 4.83. The third kappa shape index (κ3) is 2.47. The predicted octanol–water partition coefficient (Wildman–Crippen LogP) is 0.391. The second-order valence-corrected chi connectivity index (χ2v) is 3.44. The van der Waals surface area contributed by atoms with Gasteiger partial charge in [-0.25, -0.2) is 4.98 Å². The fraction of sp³-hybridized carbons (Fsp3) is 0.300. The molecule has 0 atom stereocenters. The van der Waals surface area contributed by atoms with Gasteiger partial charge in [0.05, 0.1) is 11.8 Å². The summed E-state index contributed by atoms with van der Waals surface area (Å²) in [5.74, 6) is 0.843. The molecule has 6 heteroatoms. The lowest BCUT2D eigenvalue weighted by Crippen LogP contribution is -2.10. The number of hydrogen-bond acceptors (Lipinski definition) is 4. The Morgan fingerprint density at radius 2 is 2.38 bits per heavy atom. The molecule has 0 radical (unpaired) electrons. The average Bonchev–Trinajstić information content (AvgIpc) is 2.60. The van der Waals surface area contributed by atoms with Crippen molar-refractivity contribution in [3.05, 3.63) is 40.2 Å². The number of aryl methyl sites for hydroxylation is 2. The standard InChI is InChI=1S/C10H12N4O2/c1-7-11-9(15)5-10(12-7)16-6-8-3-4-14(2)13-8/h3-5H,6H2,1-2H3,(H,11,12,15). The van der Waals surface area contributed by atoms with E-state index in [0.717, 1.165) is 5.69 Å². The van der Waals surface area contributed by atoms with Crippen molar-refractivity contribution < 1.29 is 4.74 Å². The van der Waals surface area contributed by atoms with Gasteiger partial charge in [-0.1, -0.05) is 0 Å². The molecule has 84 valence electrons. The summed E-state index contributed by atoms with van der Waals surface area (Å²) in [6.07, 6.45) is 1.83. The summed E-state index contributed by atoms with van der Waals surface area (Å²) in [7, 11) is 1.83. The molecule has 1 N–H and O–H groups in total. The fourth-order valence-electron chi connectivity index (χ4n) is 1.31. The van der Waals surface area contributed by atoms with E-state index in [1.165, 1.54) is 6.07 Å². The van der Waals surface area contributed by atoms with Gasteiger partial charge < -0.3 is 9.72 Å². The molecular weight excluding hydrogens is 208 g/mol. The van der Waals surface area contributed by atoms with Crippen molar-refractivity contribution in [2.24, 2.45) is 7.05 Å². The molecule has 0 aromatic carbocycles. The molecule has 2 heterocycles. The van der Waals surface area contributed by atoms with Crippen molar-refractivity contribution in [2.75, 3.05) is 0 Å². The van der Waals surface area contributed by atoms with Crippen LogP contribution in [0.1, 0.15) is 11.5 Å². The van der Waals surface area contributed by atoms with Gasteiger partial charge in [0.1, 0.15) is 12.4 Å². The van der Waals surface area contributed by atoms with Gasteiger partial charge in [0.25, 0.3) is 5.56 Å². The van der Waals surface area contributed by atoms with Crippen LogP contribution in [-0.4, -0.2) is 19.7 Å². The van der Waals surface area contributed by atoms with Crippen LogP contribution in [0.4, 0.5) is 0 Å². The lowest BCUT2D eigenvalue weighted by atomic mass is 10.5. The zero-order valence-corrected chi connectivity index (χ0v) is 9.10. The smallest absolute Gasteiger partial charge is 0.254 e. The molecule has 16 heavy (non-hydrogen) atoms. The van der Waals surface area contributed by atoms with E-state index < -0.39 is 0 Å². The Morgan fingerprint density at radius 1 is 1.56 bits per heavy atom. The second-order valence-electron chi connectivity index (χ2n) is 3.44. The molecule has 0 unspecified atom stereocenters. The zero-order chi connectivity index (χ0) is 11.5. The molecule has 0 spiro atoms. The van der Waals surface area contributed by atoms with Crippen molar-refractivity contribution in [3.8, 4) is 5.88 Å². The predicted molar refractivity (Wildman–Crippen MR) is 57.1 cm³/mol. The van der Waals surface area contributed by atoms with Crippen LogP contribution in [0, 0.1) is 6.92 Å². The van der Waals surface area contributed by atoms with E-state index in [4.69, 9.17) is 4.74 Å². The first kappa shape index (κ1) is 10.4. The zero-order valence-electron chi connectivity index (χ0n) is 9.10. The van der Waals surface area contributed by atoms with E-state index in [1.807, 2.05) is 19.3 Å². The summed E-state index contributed by atoms with van der Waals surface area (Å²) in [5, 5.41) is 4.15. The summed E-state index contributed by atoms with van der Waals surface area (Å²) >= 11 is 0. The Morgan fingerprint density at radius 3 is 3.00 bits per heavy atom. The fourth-order valence-corrected chi connectivity index (χ4v) is 1.31. The van der Waals surface area contributed by atoms with Crippen molar-refractivity contribution in [2.45, 2.75) is 13.5 Å². The Hall–Kier alpha value is -2.11. The molecule has 2 aromatic heterocycles. The van der Waals surface area contributed by atoms with Gasteiger partial charge in [-0.3, -0.25) is 9.48 Å². The maximum atomic E-state index is 11.1. The molecule has 6 nitrogen and oxygen atoms in total. The van der Waals surface area contributed by atoms with E-state index in [9.17, 15) is 4.79 Å². The Bertz CT molecular complexity index is 544. The molecule has 2 aromatic rings. The van der Waals surface area contributed by atoms with Gasteiger partial charge in [0.2, 0.25) is 5.88 Å². The van der Waals surface area contributed by atoms with Crippen LogP contribution in [0.5, 0.6) is 5.88 Å². The number of nitrogens with zero attached hydrogens (tertiary/aromatic N) is 3. The second kappa shape index (κ2) is 4.18. The minimum Gasteiger partial charge on any atom is -0.471 e. The van der Waals surface area contributed by atoms with Crippen LogP contribution in [0.2, 0.25) is 0 Å². The van der Waals surface area contributed by atoms with Gasteiger partial charge >= 0.3 is 0 Å². The molecular formula is C10H12N4O2. The topological polar surface area (TPSA) is 72.8 Å². The third-order valence-electron chi connectivity index (χ3n) is 1.97. The summed E-state index contributed by atoms with van der Waals surface area (Å²) in [5.41, 5.74) is 0.575. The van der Waals surface area contributed by atoms with Crippen molar-refractivity contribution in [1.29, 1.82) is 0 Å². The largest absolute Gasteiger partial charge is 0.471 e. The molecule has 0 aliphatic heterocycles. The number of nitrogens with one attached hydrogen (secondary N) is 1. The number of rotatable bonds is 3. The van der Waals surface area contributed by atoms with E-state index in [2.05, 4.69) is 15.1 Å². The van der Waals surface area contributed by atoms with Crippen LogP contribution in [0.25, 0.3) is 0 Å². The lowest BCUT2D eigenvalue weighted by Gasteiger charge is -2.02. The van der Waals surface area contributed by atoms with E-state index >= 15 is 0 Å². The van der Waals surface area contributed by atoms with Crippen LogP contribution in [0.3, 0.4) is 0 Å². The van der Waals surface area contributed by atoms with Crippen molar-refractivity contribution >= 4 is 0 Å². The minimum atomic E-state index is -0.219. The maximum absolute atomic E-state index is 11.1. The van der Waals surface area contributed by atoms with E-state index in [1.54, 1.807) is 11.6 Å². The SMILES string of the molecule is Cc1nc(OCc2ccn(C)n2)cc(=O)[nH]1. The van der Waals surface area contributed by atoms with Gasteiger partial charge in [-0.05, 0) is 13.0 Å². The number of hydrogen-bond donors (Lipinski definition) is 1. The molecule has 0 aliphatic carbocycles. The molecule has 0 saturated heterocycles. The van der Waals surface area contributed by atoms with Crippen LogP contribution < -0.4 is 10.3 Å². The van der Waals surface area contributed by atoms with Crippen LogP contribution in [-0.2, 0) is 13.7 Å². The highest BCUT2D eigenvalue weighted by atomic mass is 16.5. The first-order valence-corrected chi connectivity index (χ1v) is 4.83. The van der Waals surface area contributed by atoms with Crippen molar-refractivity contribution in [1.82, 2.24) is 19.7 Å². The molecule has 0 amide bonds. The highest BCUT2D eigenvalue weighted by Crippen LogP contribution is 2.05. The Kier molecular flexibility index (Phi) is 2.72. The first-order chi connectivity index (χ1) is 7.63. The monoisotopic (exact) mass is 220 g/mol. The van der Waals surface area contributed by atoms with Crippen molar-refractivity contribution in [3.63, 3.8) is 0 Å². The van der Waals surface area contributed by atoms with Gasteiger partial charge in [-0.2, -0.15) is 5.10 Å². The average molecular weight is 220 g/mol. The Balaban J connectivity index is 2.07. The quantitative estimate of drug-likeness (QED) is 0.812. The summed E-state index contributed by atoms with van der Waals surface area (Å²) in [6, 6.07) is 3.16. The molecule has 0 bridgehead atoms. The lowest BCUT2D eigenvalue weighted by molar-refractivity contribution is 0.286. The van der Waals surface area contributed by atoms with Gasteiger partial charge in [0.15, 0.2) is 0 Å².